The molecule has 3 rings (SSSR count). The van der Waals surface area contributed by atoms with Crippen molar-refractivity contribution >= 4 is 5.96 Å². The second-order valence-corrected chi connectivity index (χ2v) is 5.56. The van der Waals surface area contributed by atoms with Crippen LogP contribution in [0.1, 0.15) is 11.1 Å². The van der Waals surface area contributed by atoms with E-state index in [4.69, 9.17) is 0 Å². The molecule has 0 radical (unpaired) electrons. The molecule has 0 saturated heterocycles. The van der Waals surface area contributed by atoms with Crippen molar-refractivity contribution in [1.29, 1.82) is 0 Å². The maximum atomic E-state index is 4.34. The molecule has 0 spiro atoms. The first-order valence-corrected chi connectivity index (χ1v) is 8.28. The van der Waals surface area contributed by atoms with E-state index in [2.05, 4.69) is 50.0 Å². The molecule has 3 aromatic rings. The fraction of sp³-hybridized carbons (Fsp3) is 0.211. The smallest absolute Gasteiger partial charge is 0.191 e. The summed E-state index contributed by atoms with van der Waals surface area (Å²) < 4.78 is 1.75. The Hall–Kier alpha value is -3.15. The van der Waals surface area contributed by atoms with Crippen LogP contribution in [0.15, 0.2) is 72.1 Å². The van der Waals surface area contributed by atoms with Crippen LogP contribution in [0.25, 0.3) is 5.82 Å². The predicted molar refractivity (Wildman–Crippen MR) is 99.7 cm³/mol. The average Bonchev–Trinajstić information content (AvgIpc) is 3.20. The number of nitrogens with one attached hydrogen (secondary N) is 2. The number of nitrogens with zero attached hydrogens (tertiary/aromatic N) is 4. The molecule has 2 heterocycles. The molecule has 0 saturated carbocycles. The lowest BCUT2D eigenvalue weighted by Gasteiger charge is -2.12. The molecule has 0 atom stereocenters. The van der Waals surface area contributed by atoms with Crippen molar-refractivity contribution in [2.45, 2.75) is 13.0 Å². The van der Waals surface area contributed by atoms with Gasteiger partial charge in [0.05, 0.1) is 0 Å². The topological polar surface area (TPSA) is 67.1 Å². The summed E-state index contributed by atoms with van der Waals surface area (Å²) in [5, 5.41) is 10.9. The summed E-state index contributed by atoms with van der Waals surface area (Å²) in [5.41, 5.74) is 2.43. The summed E-state index contributed by atoms with van der Waals surface area (Å²) in [4.78, 5) is 8.61. The lowest BCUT2D eigenvalue weighted by Crippen LogP contribution is -2.37. The minimum absolute atomic E-state index is 0.668. The van der Waals surface area contributed by atoms with Crippen LogP contribution in [0.5, 0.6) is 0 Å². The summed E-state index contributed by atoms with van der Waals surface area (Å²) in [5.74, 6) is 1.59. The molecule has 128 valence electrons. The van der Waals surface area contributed by atoms with Crippen molar-refractivity contribution in [1.82, 2.24) is 25.4 Å². The van der Waals surface area contributed by atoms with E-state index in [0.717, 1.165) is 30.3 Å². The molecule has 2 N–H and O–H groups in total. The Morgan fingerprint density at radius 3 is 2.68 bits per heavy atom. The standard InChI is InChI=1S/C19H22N6/c1-20-19(22-12-8-16-6-3-2-4-7-16)23-15-17-9-11-21-18(14-17)25-13-5-10-24-25/h2-7,9-11,13-14H,8,12,15H2,1H3,(H2,20,22,23). The van der Waals surface area contributed by atoms with Gasteiger partial charge in [0.2, 0.25) is 0 Å². The van der Waals surface area contributed by atoms with Crippen molar-refractivity contribution in [2.75, 3.05) is 13.6 Å². The third-order valence-corrected chi connectivity index (χ3v) is 3.78. The fourth-order valence-corrected chi connectivity index (χ4v) is 2.48. The Morgan fingerprint density at radius 2 is 1.92 bits per heavy atom. The zero-order chi connectivity index (χ0) is 17.3. The van der Waals surface area contributed by atoms with E-state index in [-0.39, 0.29) is 0 Å². The van der Waals surface area contributed by atoms with E-state index in [0.29, 0.717) is 6.54 Å². The van der Waals surface area contributed by atoms with Gasteiger partial charge in [-0.15, -0.1) is 0 Å². The molecule has 6 nitrogen and oxygen atoms in total. The second-order valence-electron chi connectivity index (χ2n) is 5.56. The Kier molecular flexibility index (Phi) is 5.77. The zero-order valence-corrected chi connectivity index (χ0v) is 14.3. The van der Waals surface area contributed by atoms with Crippen molar-refractivity contribution in [3.63, 3.8) is 0 Å². The predicted octanol–water partition coefficient (Wildman–Crippen LogP) is 2.18. The number of benzene rings is 1. The van der Waals surface area contributed by atoms with Gasteiger partial charge in [-0.05, 0) is 35.7 Å². The van der Waals surface area contributed by atoms with E-state index in [1.54, 1.807) is 24.1 Å². The third-order valence-electron chi connectivity index (χ3n) is 3.78. The molecule has 1 aromatic carbocycles. The minimum Gasteiger partial charge on any atom is -0.356 e. The van der Waals surface area contributed by atoms with E-state index in [9.17, 15) is 0 Å². The third kappa shape index (κ3) is 4.91. The Morgan fingerprint density at radius 1 is 1.04 bits per heavy atom. The summed E-state index contributed by atoms with van der Waals surface area (Å²) in [6, 6.07) is 16.3. The normalized spacial score (nSPS) is 11.3. The molecule has 0 aliphatic rings. The van der Waals surface area contributed by atoms with Gasteiger partial charge >= 0.3 is 0 Å². The van der Waals surface area contributed by atoms with Crippen LogP contribution in [-0.4, -0.2) is 34.3 Å². The molecule has 0 aliphatic heterocycles. The molecular weight excluding hydrogens is 312 g/mol. The van der Waals surface area contributed by atoms with Crippen LogP contribution in [-0.2, 0) is 13.0 Å². The summed E-state index contributed by atoms with van der Waals surface area (Å²) in [7, 11) is 1.78. The molecule has 0 fully saturated rings. The van der Waals surface area contributed by atoms with E-state index >= 15 is 0 Å². The molecule has 0 amide bonds. The van der Waals surface area contributed by atoms with E-state index in [1.165, 1.54) is 5.56 Å². The molecule has 25 heavy (non-hydrogen) atoms. The molecule has 6 heteroatoms. The largest absolute Gasteiger partial charge is 0.356 e. The van der Waals surface area contributed by atoms with Gasteiger partial charge in [0.1, 0.15) is 0 Å². The van der Waals surface area contributed by atoms with Gasteiger partial charge in [0.25, 0.3) is 0 Å². The first-order valence-electron chi connectivity index (χ1n) is 8.28. The highest BCUT2D eigenvalue weighted by atomic mass is 15.3. The monoisotopic (exact) mass is 334 g/mol. The van der Waals surface area contributed by atoms with E-state index in [1.807, 2.05) is 30.5 Å². The van der Waals surface area contributed by atoms with Crippen LogP contribution in [0.2, 0.25) is 0 Å². The first-order chi connectivity index (χ1) is 12.3. The Balaban J connectivity index is 1.50. The highest BCUT2D eigenvalue weighted by Gasteiger charge is 2.02. The van der Waals surface area contributed by atoms with Crippen molar-refractivity contribution in [3.8, 4) is 5.82 Å². The first kappa shape index (κ1) is 16.7. The number of hydrogen-bond acceptors (Lipinski definition) is 3. The number of aliphatic imine (C=N–C) groups is 1. The fourth-order valence-electron chi connectivity index (χ4n) is 2.48. The van der Waals surface area contributed by atoms with Gasteiger partial charge in [0.15, 0.2) is 11.8 Å². The maximum absolute atomic E-state index is 4.34. The van der Waals surface area contributed by atoms with Crippen LogP contribution in [0.4, 0.5) is 0 Å². The van der Waals surface area contributed by atoms with Crippen LogP contribution in [0, 0.1) is 0 Å². The molecule has 0 unspecified atom stereocenters. The van der Waals surface area contributed by atoms with Crippen LogP contribution in [0.3, 0.4) is 0 Å². The Labute approximate surface area is 147 Å². The molecule has 0 bridgehead atoms. The van der Waals surface area contributed by atoms with E-state index < -0.39 is 0 Å². The number of pyridine rings is 1. The second kappa shape index (κ2) is 8.63. The maximum Gasteiger partial charge on any atom is 0.191 e. The van der Waals surface area contributed by atoms with Crippen LogP contribution < -0.4 is 10.6 Å². The van der Waals surface area contributed by atoms with Gasteiger partial charge in [-0.3, -0.25) is 4.99 Å². The van der Waals surface area contributed by atoms with Gasteiger partial charge in [-0.1, -0.05) is 30.3 Å². The van der Waals surface area contributed by atoms with Crippen molar-refractivity contribution in [2.24, 2.45) is 4.99 Å². The summed E-state index contributed by atoms with van der Waals surface area (Å²) >= 11 is 0. The number of aromatic nitrogens is 3. The quantitative estimate of drug-likeness (QED) is 0.536. The van der Waals surface area contributed by atoms with Gasteiger partial charge in [0, 0.05) is 38.7 Å². The van der Waals surface area contributed by atoms with Crippen molar-refractivity contribution < 1.29 is 0 Å². The minimum atomic E-state index is 0.668. The SMILES string of the molecule is CN=C(NCCc1ccccc1)NCc1ccnc(-n2cccn2)c1. The summed E-state index contributed by atoms with van der Waals surface area (Å²) in [6.07, 6.45) is 6.37. The van der Waals surface area contributed by atoms with Gasteiger partial charge in [-0.2, -0.15) is 5.10 Å². The lowest BCUT2D eigenvalue weighted by atomic mass is 10.1. The molecular formula is C19H22N6. The highest BCUT2D eigenvalue weighted by Crippen LogP contribution is 2.06. The summed E-state index contributed by atoms with van der Waals surface area (Å²) in [6.45, 7) is 1.50. The lowest BCUT2D eigenvalue weighted by molar-refractivity contribution is 0.789. The molecule has 0 aliphatic carbocycles. The average molecular weight is 334 g/mol. The number of rotatable bonds is 6. The number of hydrogen-bond donors (Lipinski definition) is 2. The van der Waals surface area contributed by atoms with Crippen molar-refractivity contribution in [3.05, 3.63) is 78.2 Å². The number of guanidine groups is 1. The van der Waals surface area contributed by atoms with Crippen LogP contribution >= 0.6 is 0 Å². The zero-order valence-electron chi connectivity index (χ0n) is 14.3. The highest BCUT2D eigenvalue weighted by molar-refractivity contribution is 5.79. The Bertz CT molecular complexity index is 796. The van der Waals surface area contributed by atoms with Gasteiger partial charge in [-0.25, -0.2) is 9.67 Å². The van der Waals surface area contributed by atoms with Gasteiger partial charge < -0.3 is 10.6 Å². The molecule has 2 aromatic heterocycles.